The summed E-state index contributed by atoms with van der Waals surface area (Å²) in [5.41, 5.74) is 2.21. The normalized spacial score (nSPS) is 10.4. The van der Waals surface area contributed by atoms with Gasteiger partial charge in [-0.2, -0.15) is 11.3 Å². The molecule has 0 aliphatic rings. The molecule has 17 heavy (non-hydrogen) atoms. The van der Waals surface area contributed by atoms with E-state index < -0.39 is 0 Å². The first-order chi connectivity index (χ1) is 8.29. The van der Waals surface area contributed by atoms with Gasteiger partial charge in [0.05, 0.1) is 0 Å². The van der Waals surface area contributed by atoms with Crippen LogP contribution in [0.25, 0.3) is 10.6 Å². The number of nitrogens with zero attached hydrogens (tertiary/aromatic N) is 1. The molecule has 4 nitrogen and oxygen atoms in total. The Bertz CT molecular complexity index is 479. The van der Waals surface area contributed by atoms with Crippen molar-refractivity contribution >= 4 is 28.6 Å². The third kappa shape index (κ3) is 3.36. The SMILES string of the molecule is CNC(=O)C[NH2+]Cc1csc(-c2ccsc2)n1. The lowest BCUT2D eigenvalue weighted by atomic mass is 10.3. The van der Waals surface area contributed by atoms with Crippen LogP contribution in [0.4, 0.5) is 0 Å². The highest BCUT2D eigenvalue weighted by atomic mass is 32.1. The predicted octanol–water partition coefficient (Wildman–Crippen LogP) is 0.681. The van der Waals surface area contributed by atoms with Gasteiger partial charge in [-0.15, -0.1) is 11.3 Å². The maximum atomic E-state index is 11.0. The smallest absolute Gasteiger partial charge is 0.274 e. The number of aromatic nitrogens is 1. The second-order valence-electron chi connectivity index (χ2n) is 3.53. The molecule has 0 saturated heterocycles. The van der Waals surface area contributed by atoms with E-state index in [9.17, 15) is 4.79 Å². The Labute approximate surface area is 108 Å². The highest BCUT2D eigenvalue weighted by Crippen LogP contribution is 2.25. The van der Waals surface area contributed by atoms with Gasteiger partial charge >= 0.3 is 0 Å². The van der Waals surface area contributed by atoms with Crippen LogP contribution in [0.2, 0.25) is 0 Å². The van der Waals surface area contributed by atoms with Crippen molar-refractivity contribution < 1.29 is 10.1 Å². The molecule has 2 heterocycles. The molecule has 0 unspecified atom stereocenters. The molecule has 0 bridgehead atoms. The number of thiazole rings is 1. The highest BCUT2D eigenvalue weighted by molar-refractivity contribution is 7.14. The summed E-state index contributed by atoms with van der Waals surface area (Å²) in [6, 6.07) is 2.07. The number of carbonyl (C=O) groups is 1. The fourth-order valence-electron chi connectivity index (χ4n) is 1.37. The Kier molecular flexibility index (Phi) is 4.24. The molecule has 0 spiro atoms. The summed E-state index contributed by atoms with van der Waals surface area (Å²) in [5.74, 6) is 0.0401. The van der Waals surface area contributed by atoms with Crippen molar-refractivity contribution in [1.82, 2.24) is 10.3 Å². The van der Waals surface area contributed by atoms with Crippen molar-refractivity contribution in [3.05, 3.63) is 27.9 Å². The topological polar surface area (TPSA) is 58.6 Å². The Balaban J connectivity index is 1.89. The van der Waals surface area contributed by atoms with Crippen LogP contribution in [0.5, 0.6) is 0 Å². The van der Waals surface area contributed by atoms with Crippen LogP contribution in [0.3, 0.4) is 0 Å². The summed E-state index contributed by atoms with van der Waals surface area (Å²) >= 11 is 3.32. The average molecular weight is 268 g/mol. The molecule has 0 aliphatic carbocycles. The first-order valence-electron chi connectivity index (χ1n) is 5.29. The predicted molar refractivity (Wildman–Crippen MR) is 70.0 cm³/mol. The van der Waals surface area contributed by atoms with Gasteiger partial charge in [-0.25, -0.2) is 4.98 Å². The molecule has 1 amide bonds. The summed E-state index contributed by atoms with van der Waals surface area (Å²) in [7, 11) is 1.65. The van der Waals surface area contributed by atoms with Crippen LogP contribution in [0.15, 0.2) is 22.2 Å². The van der Waals surface area contributed by atoms with Gasteiger partial charge in [-0.1, -0.05) is 0 Å². The van der Waals surface area contributed by atoms with Crippen LogP contribution >= 0.6 is 22.7 Å². The monoisotopic (exact) mass is 268 g/mol. The van der Waals surface area contributed by atoms with Crippen LogP contribution in [-0.2, 0) is 11.3 Å². The van der Waals surface area contributed by atoms with Gasteiger partial charge in [0.15, 0.2) is 6.54 Å². The minimum Gasteiger partial charge on any atom is -0.354 e. The molecule has 0 radical (unpaired) electrons. The zero-order chi connectivity index (χ0) is 12.1. The molecule has 3 N–H and O–H groups in total. The van der Waals surface area contributed by atoms with Crippen LogP contribution in [0.1, 0.15) is 5.69 Å². The molecule has 0 saturated carbocycles. The number of amides is 1. The number of hydrogen-bond donors (Lipinski definition) is 2. The quantitative estimate of drug-likeness (QED) is 0.838. The second-order valence-corrected chi connectivity index (χ2v) is 5.16. The number of quaternary nitrogens is 1. The Morgan fingerprint density at radius 2 is 2.41 bits per heavy atom. The zero-order valence-corrected chi connectivity index (χ0v) is 11.1. The van der Waals surface area contributed by atoms with Crippen molar-refractivity contribution in [1.29, 1.82) is 0 Å². The number of likely N-dealkylation sites (N-methyl/N-ethyl adjacent to an activating group) is 1. The van der Waals surface area contributed by atoms with E-state index in [1.807, 2.05) is 16.1 Å². The van der Waals surface area contributed by atoms with Crippen LogP contribution in [0, 0.1) is 0 Å². The molecule has 2 aromatic heterocycles. The van der Waals surface area contributed by atoms with E-state index >= 15 is 0 Å². The molecular formula is C11H14N3OS2+. The number of thiophene rings is 1. The maximum Gasteiger partial charge on any atom is 0.274 e. The van der Waals surface area contributed by atoms with E-state index in [0.29, 0.717) is 6.54 Å². The van der Waals surface area contributed by atoms with Crippen molar-refractivity contribution in [2.75, 3.05) is 13.6 Å². The zero-order valence-electron chi connectivity index (χ0n) is 9.47. The van der Waals surface area contributed by atoms with Crippen molar-refractivity contribution in [3.8, 4) is 10.6 Å². The van der Waals surface area contributed by atoms with Gasteiger partial charge in [0.2, 0.25) is 0 Å². The van der Waals surface area contributed by atoms with E-state index in [1.165, 1.54) is 5.56 Å². The van der Waals surface area contributed by atoms with E-state index in [2.05, 4.69) is 21.7 Å². The van der Waals surface area contributed by atoms with Gasteiger partial charge in [0.25, 0.3) is 5.91 Å². The van der Waals surface area contributed by atoms with Gasteiger partial charge < -0.3 is 10.6 Å². The summed E-state index contributed by atoms with van der Waals surface area (Å²) in [6.45, 7) is 1.19. The maximum absolute atomic E-state index is 11.0. The number of carbonyl (C=O) groups excluding carboxylic acids is 1. The molecule has 0 atom stereocenters. The fraction of sp³-hybridized carbons (Fsp3) is 0.273. The number of rotatable bonds is 5. The average Bonchev–Trinajstić information content (AvgIpc) is 2.98. The molecule has 6 heteroatoms. The summed E-state index contributed by atoms with van der Waals surface area (Å²) in [6.07, 6.45) is 0. The number of nitrogens with two attached hydrogens (primary N) is 1. The Morgan fingerprint density at radius 1 is 1.53 bits per heavy atom. The van der Waals surface area contributed by atoms with Crippen molar-refractivity contribution in [2.45, 2.75) is 6.54 Å². The summed E-state index contributed by atoms with van der Waals surface area (Å²) in [4.78, 5) is 15.6. The third-order valence-corrected chi connectivity index (χ3v) is 3.91. The van der Waals surface area contributed by atoms with Gasteiger partial charge in [-0.3, -0.25) is 4.79 Å². The first kappa shape index (κ1) is 12.2. The third-order valence-electron chi connectivity index (χ3n) is 2.28. The molecule has 0 fully saturated rings. The standard InChI is InChI=1S/C11H13N3OS2/c1-12-10(15)5-13-4-9-7-17-11(14-9)8-2-3-16-6-8/h2-3,6-7,13H,4-5H2,1H3,(H,12,15)/p+1. The Morgan fingerprint density at radius 3 is 3.12 bits per heavy atom. The van der Waals surface area contributed by atoms with E-state index in [-0.39, 0.29) is 5.91 Å². The number of nitrogens with one attached hydrogen (secondary N) is 1. The molecule has 0 aliphatic heterocycles. The van der Waals surface area contributed by atoms with E-state index in [4.69, 9.17) is 0 Å². The lowest BCUT2D eigenvalue weighted by molar-refractivity contribution is -0.660. The van der Waals surface area contributed by atoms with Gasteiger partial charge in [0.1, 0.15) is 17.2 Å². The molecule has 2 aromatic rings. The van der Waals surface area contributed by atoms with Crippen LogP contribution < -0.4 is 10.6 Å². The van der Waals surface area contributed by atoms with Gasteiger partial charge in [0, 0.05) is 23.4 Å². The fourth-order valence-corrected chi connectivity index (χ4v) is 2.92. The minimum absolute atomic E-state index is 0.0401. The first-order valence-corrected chi connectivity index (χ1v) is 7.11. The lowest BCUT2D eigenvalue weighted by Gasteiger charge is -1.97. The van der Waals surface area contributed by atoms with Crippen molar-refractivity contribution in [3.63, 3.8) is 0 Å². The van der Waals surface area contributed by atoms with Crippen molar-refractivity contribution in [2.24, 2.45) is 0 Å². The van der Waals surface area contributed by atoms with Gasteiger partial charge in [-0.05, 0) is 11.4 Å². The Hall–Kier alpha value is -1.24. The minimum atomic E-state index is 0.0401. The number of hydrogen-bond acceptors (Lipinski definition) is 4. The largest absolute Gasteiger partial charge is 0.354 e. The van der Waals surface area contributed by atoms with Crippen LogP contribution in [-0.4, -0.2) is 24.5 Å². The highest BCUT2D eigenvalue weighted by Gasteiger charge is 2.07. The molecule has 2 rings (SSSR count). The summed E-state index contributed by atoms with van der Waals surface area (Å²) < 4.78 is 0. The van der Waals surface area contributed by atoms with E-state index in [1.54, 1.807) is 29.7 Å². The second kappa shape index (κ2) is 5.90. The molecular weight excluding hydrogens is 254 g/mol. The molecule has 0 aromatic carbocycles. The molecule has 90 valence electrons. The lowest BCUT2D eigenvalue weighted by Crippen LogP contribution is -2.85. The van der Waals surface area contributed by atoms with E-state index in [0.717, 1.165) is 17.2 Å². The summed E-state index contributed by atoms with van der Waals surface area (Å²) in [5, 5.41) is 11.8.